The summed E-state index contributed by atoms with van der Waals surface area (Å²) in [6.45, 7) is 0. The van der Waals surface area contributed by atoms with E-state index in [1.165, 1.54) is 23.9 Å². The Morgan fingerprint density at radius 1 is 1.40 bits per heavy atom. The third-order valence-corrected chi connectivity index (χ3v) is 2.04. The van der Waals surface area contributed by atoms with Crippen LogP contribution in [0.1, 0.15) is 5.69 Å². The summed E-state index contributed by atoms with van der Waals surface area (Å²) in [5.74, 6) is 0. The Morgan fingerprint density at radius 3 is 2.67 bits per heavy atom. The van der Waals surface area contributed by atoms with Crippen LogP contribution in [0.3, 0.4) is 0 Å². The molecule has 2 rings (SSSR count). The van der Waals surface area contributed by atoms with Crippen molar-refractivity contribution in [3.8, 4) is 0 Å². The summed E-state index contributed by atoms with van der Waals surface area (Å²) in [5, 5.41) is 0. The Morgan fingerprint density at radius 2 is 2.07 bits per heavy atom. The van der Waals surface area contributed by atoms with E-state index in [1.54, 1.807) is 0 Å². The van der Waals surface area contributed by atoms with Crippen molar-refractivity contribution in [2.24, 2.45) is 7.05 Å². The third-order valence-electron chi connectivity index (χ3n) is 2.04. The standard InChI is InChI=1S/C8H6F3N3O/c1-13-3-2-5-6(8(9,10)11)12-4-14(5)7(13)15/h2-4H,1H3. The van der Waals surface area contributed by atoms with Gasteiger partial charge in [-0.2, -0.15) is 13.2 Å². The van der Waals surface area contributed by atoms with Crippen LogP contribution in [0.2, 0.25) is 0 Å². The molecule has 0 fully saturated rings. The van der Waals surface area contributed by atoms with Gasteiger partial charge in [-0.25, -0.2) is 9.78 Å². The number of aryl methyl sites for hydroxylation is 1. The quantitative estimate of drug-likeness (QED) is 0.661. The molecule has 0 atom stereocenters. The Kier molecular flexibility index (Phi) is 1.85. The second-order valence-corrected chi connectivity index (χ2v) is 3.06. The molecule has 0 amide bonds. The summed E-state index contributed by atoms with van der Waals surface area (Å²) >= 11 is 0. The molecule has 0 radical (unpaired) electrons. The summed E-state index contributed by atoms with van der Waals surface area (Å²) < 4.78 is 39.2. The smallest absolute Gasteiger partial charge is 0.303 e. The van der Waals surface area contributed by atoms with Gasteiger partial charge in [-0.1, -0.05) is 0 Å². The monoisotopic (exact) mass is 217 g/mol. The van der Waals surface area contributed by atoms with Crippen molar-refractivity contribution in [1.82, 2.24) is 14.0 Å². The molecule has 0 aliphatic rings. The predicted molar refractivity (Wildman–Crippen MR) is 45.4 cm³/mol. The summed E-state index contributed by atoms with van der Waals surface area (Å²) in [4.78, 5) is 14.6. The van der Waals surface area contributed by atoms with E-state index in [9.17, 15) is 18.0 Å². The van der Waals surface area contributed by atoms with Crippen LogP contribution in [0.25, 0.3) is 5.52 Å². The highest BCUT2D eigenvalue weighted by atomic mass is 19.4. The van der Waals surface area contributed by atoms with Crippen LogP contribution in [-0.2, 0) is 13.2 Å². The molecule has 4 nitrogen and oxygen atoms in total. The Bertz CT molecular complexity index is 566. The van der Waals surface area contributed by atoms with Gasteiger partial charge in [0.2, 0.25) is 0 Å². The second kappa shape index (κ2) is 2.85. The number of halogens is 3. The maximum atomic E-state index is 12.4. The van der Waals surface area contributed by atoms with Crippen molar-refractivity contribution in [3.05, 3.63) is 34.8 Å². The first-order valence-corrected chi connectivity index (χ1v) is 4.01. The van der Waals surface area contributed by atoms with Crippen LogP contribution in [-0.4, -0.2) is 14.0 Å². The molecule has 2 aromatic heterocycles. The van der Waals surface area contributed by atoms with Crippen LogP contribution in [0.15, 0.2) is 23.4 Å². The lowest BCUT2D eigenvalue weighted by molar-refractivity contribution is -0.139. The van der Waals surface area contributed by atoms with Gasteiger partial charge in [0.25, 0.3) is 0 Å². The number of imidazole rings is 1. The van der Waals surface area contributed by atoms with Crippen molar-refractivity contribution >= 4 is 5.52 Å². The molecule has 2 heterocycles. The average Bonchev–Trinajstić information content (AvgIpc) is 2.54. The van der Waals surface area contributed by atoms with E-state index in [-0.39, 0.29) is 5.52 Å². The van der Waals surface area contributed by atoms with E-state index in [4.69, 9.17) is 0 Å². The zero-order valence-electron chi connectivity index (χ0n) is 7.62. The highest BCUT2D eigenvalue weighted by Gasteiger charge is 2.35. The van der Waals surface area contributed by atoms with Gasteiger partial charge < -0.3 is 4.57 Å². The molecule has 0 spiro atoms. The van der Waals surface area contributed by atoms with Crippen molar-refractivity contribution in [1.29, 1.82) is 0 Å². The lowest BCUT2D eigenvalue weighted by Crippen LogP contribution is -2.23. The van der Waals surface area contributed by atoms with Gasteiger partial charge in [-0.15, -0.1) is 0 Å². The topological polar surface area (TPSA) is 39.3 Å². The van der Waals surface area contributed by atoms with Crippen molar-refractivity contribution in [3.63, 3.8) is 0 Å². The molecule has 0 aliphatic heterocycles. The molecule has 80 valence electrons. The number of hydrogen-bond donors (Lipinski definition) is 0. The number of alkyl halides is 3. The van der Waals surface area contributed by atoms with E-state index in [1.807, 2.05) is 0 Å². The molecule has 0 saturated heterocycles. The molecule has 0 aliphatic carbocycles. The minimum atomic E-state index is -4.54. The Balaban J connectivity index is 2.84. The fraction of sp³-hybridized carbons (Fsp3) is 0.250. The molecular formula is C8H6F3N3O. The summed E-state index contributed by atoms with van der Waals surface area (Å²) in [6, 6.07) is 1.21. The first kappa shape index (κ1) is 9.75. The molecule has 0 aromatic carbocycles. The molecular weight excluding hydrogens is 211 g/mol. The normalized spacial score (nSPS) is 12.3. The summed E-state index contributed by atoms with van der Waals surface area (Å²) in [7, 11) is 1.45. The number of fused-ring (bicyclic) bond motifs is 1. The van der Waals surface area contributed by atoms with E-state index >= 15 is 0 Å². The van der Waals surface area contributed by atoms with E-state index in [0.29, 0.717) is 0 Å². The highest BCUT2D eigenvalue weighted by Crippen LogP contribution is 2.30. The van der Waals surface area contributed by atoms with Crippen molar-refractivity contribution in [2.75, 3.05) is 0 Å². The molecule has 15 heavy (non-hydrogen) atoms. The third kappa shape index (κ3) is 1.39. The van der Waals surface area contributed by atoms with Crippen LogP contribution in [0.4, 0.5) is 13.2 Å². The fourth-order valence-corrected chi connectivity index (χ4v) is 1.30. The van der Waals surface area contributed by atoms with E-state index in [0.717, 1.165) is 10.7 Å². The number of aromatic nitrogens is 3. The largest absolute Gasteiger partial charge is 0.435 e. The minimum Gasteiger partial charge on any atom is -0.303 e. The lowest BCUT2D eigenvalue weighted by atomic mass is 10.3. The van der Waals surface area contributed by atoms with Gasteiger partial charge in [0.05, 0.1) is 5.52 Å². The van der Waals surface area contributed by atoms with Gasteiger partial charge in [0.15, 0.2) is 5.69 Å². The molecule has 7 heteroatoms. The number of rotatable bonds is 0. The zero-order chi connectivity index (χ0) is 11.2. The maximum absolute atomic E-state index is 12.4. The molecule has 0 N–H and O–H groups in total. The van der Waals surface area contributed by atoms with E-state index < -0.39 is 17.6 Å². The zero-order valence-corrected chi connectivity index (χ0v) is 7.62. The number of nitrogens with zero attached hydrogens (tertiary/aromatic N) is 3. The van der Waals surface area contributed by atoms with E-state index in [2.05, 4.69) is 4.98 Å². The first-order chi connectivity index (χ1) is 6.91. The average molecular weight is 217 g/mol. The SMILES string of the molecule is Cn1ccc2c(C(F)(F)F)ncn2c1=O. The first-order valence-electron chi connectivity index (χ1n) is 4.01. The maximum Gasteiger partial charge on any atom is 0.435 e. The van der Waals surface area contributed by atoms with Gasteiger partial charge in [0, 0.05) is 13.2 Å². The Labute approximate surface area is 81.6 Å². The second-order valence-electron chi connectivity index (χ2n) is 3.06. The predicted octanol–water partition coefficient (Wildman–Crippen LogP) is 1.05. The minimum absolute atomic E-state index is 0.231. The van der Waals surface area contributed by atoms with Crippen LogP contribution < -0.4 is 5.69 Å². The highest BCUT2D eigenvalue weighted by molar-refractivity contribution is 5.52. The van der Waals surface area contributed by atoms with Gasteiger partial charge in [-0.3, -0.25) is 4.40 Å². The molecule has 0 bridgehead atoms. The van der Waals surface area contributed by atoms with Crippen LogP contribution >= 0.6 is 0 Å². The Hall–Kier alpha value is -1.79. The molecule has 0 unspecified atom stereocenters. The van der Waals surface area contributed by atoms with Crippen LogP contribution in [0.5, 0.6) is 0 Å². The van der Waals surface area contributed by atoms with Crippen molar-refractivity contribution < 1.29 is 13.2 Å². The fourth-order valence-electron chi connectivity index (χ4n) is 1.30. The summed E-state index contributed by atoms with van der Waals surface area (Å²) in [6.07, 6.45) is -2.39. The lowest BCUT2D eigenvalue weighted by Gasteiger charge is -2.03. The van der Waals surface area contributed by atoms with Crippen LogP contribution in [0, 0.1) is 0 Å². The number of hydrogen-bond acceptors (Lipinski definition) is 2. The van der Waals surface area contributed by atoms with Gasteiger partial charge >= 0.3 is 11.9 Å². The van der Waals surface area contributed by atoms with Crippen molar-refractivity contribution in [2.45, 2.75) is 6.18 Å². The molecule has 2 aromatic rings. The summed E-state index contributed by atoms with van der Waals surface area (Å²) in [5.41, 5.74) is -1.83. The van der Waals surface area contributed by atoms with Gasteiger partial charge in [0.1, 0.15) is 6.33 Å². The molecule has 0 saturated carbocycles. The van der Waals surface area contributed by atoms with Gasteiger partial charge in [-0.05, 0) is 6.07 Å².